The summed E-state index contributed by atoms with van der Waals surface area (Å²) in [6.45, 7) is 5.17. The fourth-order valence-electron chi connectivity index (χ4n) is 2.55. The van der Waals surface area contributed by atoms with E-state index < -0.39 is 19.9 Å². The zero-order valence-electron chi connectivity index (χ0n) is 13.4. The quantitative estimate of drug-likeness (QED) is 0.813. The lowest BCUT2D eigenvalue weighted by Gasteiger charge is -2.30. The van der Waals surface area contributed by atoms with Gasteiger partial charge in [0.2, 0.25) is 10.0 Å². The number of nitrogens with one attached hydrogen (secondary N) is 2. The van der Waals surface area contributed by atoms with E-state index in [9.17, 15) is 16.8 Å². The molecule has 1 aromatic carbocycles. The Bertz CT molecular complexity index is 763. The summed E-state index contributed by atoms with van der Waals surface area (Å²) in [7, 11) is -7.20. The number of hydrogen-bond acceptors (Lipinski definition) is 5. The van der Waals surface area contributed by atoms with Gasteiger partial charge < -0.3 is 5.32 Å². The molecule has 0 amide bonds. The average Bonchev–Trinajstić information content (AvgIpc) is 2.40. The number of piperidine rings is 1. The number of sulfone groups is 1. The third-order valence-corrected chi connectivity index (χ3v) is 6.71. The molecule has 1 fully saturated rings. The molecule has 0 saturated carbocycles. The van der Waals surface area contributed by atoms with Crippen molar-refractivity contribution in [1.82, 2.24) is 10.0 Å². The van der Waals surface area contributed by atoms with Crippen LogP contribution in [0, 0.1) is 12.8 Å². The highest BCUT2D eigenvalue weighted by Crippen LogP contribution is 2.22. The molecule has 6 nitrogen and oxygen atoms in total. The molecule has 1 saturated heterocycles. The summed E-state index contributed by atoms with van der Waals surface area (Å²) in [5.41, 5.74) is 0.529. The van der Waals surface area contributed by atoms with Gasteiger partial charge in [0.25, 0.3) is 0 Å². The third-order valence-electron chi connectivity index (χ3n) is 3.97. The highest BCUT2D eigenvalue weighted by molar-refractivity contribution is 7.91. The number of halogens is 1. The Morgan fingerprint density at radius 1 is 1.22 bits per heavy atom. The van der Waals surface area contributed by atoms with E-state index in [-0.39, 0.29) is 34.2 Å². The van der Waals surface area contributed by atoms with E-state index in [2.05, 4.69) is 10.0 Å². The smallest absolute Gasteiger partial charge is 0.241 e. The molecular weight excluding hydrogens is 360 g/mol. The average molecular weight is 383 g/mol. The van der Waals surface area contributed by atoms with E-state index in [1.165, 1.54) is 18.2 Å². The van der Waals surface area contributed by atoms with Crippen molar-refractivity contribution in [2.24, 2.45) is 5.92 Å². The minimum Gasteiger partial charge on any atom is -0.316 e. The summed E-state index contributed by atoms with van der Waals surface area (Å²) in [6, 6.07) is 4.04. The third kappa shape index (κ3) is 4.90. The monoisotopic (exact) mass is 382 g/mol. The maximum Gasteiger partial charge on any atom is 0.241 e. The van der Waals surface area contributed by atoms with Crippen molar-refractivity contribution in [3.05, 3.63) is 23.8 Å². The van der Waals surface area contributed by atoms with Crippen LogP contribution >= 0.6 is 12.4 Å². The van der Waals surface area contributed by atoms with Crippen LogP contribution in [0.4, 0.5) is 0 Å². The van der Waals surface area contributed by atoms with Crippen molar-refractivity contribution >= 4 is 32.3 Å². The number of rotatable bonds is 4. The predicted octanol–water partition coefficient (Wildman–Crippen LogP) is 1.10. The van der Waals surface area contributed by atoms with E-state index in [0.29, 0.717) is 12.0 Å². The fourth-order valence-corrected chi connectivity index (χ4v) is 4.92. The largest absolute Gasteiger partial charge is 0.316 e. The number of sulfonamides is 1. The van der Waals surface area contributed by atoms with Crippen molar-refractivity contribution in [2.75, 3.05) is 19.3 Å². The van der Waals surface area contributed by atoms with E-state index >= 15 is 0 Å². The normalized spacial score (nSPS) is 22.4. The standard InChI is InChI=1S/C14H22N2O4S2.ClH/c1-10-4-5-12(21(3,17)18)8-14(10)22(19,20)16-13-6-7-15-9-11(13)2;/h4-5,8,11,13,15-16H,6-7,9H2,1-3H3;1H. The Labute approximate surface area is 144 Å². The number of aryl methyl sites for hydroxylation is 1. The molecule has 132 valence electrons. The second-order valence-corrected chi connectivity index (χ2v) is 9.60. The minimum atomic E-state index is -3.75. The molecule has 1 heterocycles. The van der Waals surface area contributed by atoms with E-state index in [4.69, 9.17) is 0 Å². The van der Waals surface area contributed by atoms with Crippen molar-refractivity contribution in [2.45, 2.75) is 36.1 Å². The summed E-state index contributed by atoms with van der Waals surface area (Å²) in [5, 5.41) is 3.22. The van der Waals surface area contributed by atoms with E-state index in [1.54, 1.807) is 6.92 Å². The van der Waals surface area contributed by atoms with Crippen LogP contribution in [0.1, 0.15) is 18.9 Å². The Morgan fingerprint density at radius 3 is 2.43 bits per heavy atom. The van der Waals surface area contributed by atoms with Crippen LogP contribution in [0.25, 0.3) is 0 Å². The maximum absolute atomic E-state index is 12.6. The van der Waals surface area contributed by atoms with Gasteiger partial charge in [-0.05, 0) is 50.0 Å². The van der Waals surface area contributed by atoms with Crippen LogP contribution in [0.5, 0.6) is 0 Å². The maximum atomic E-state index is 12.6. The molecule has 0 spiro atoms. The molecular formula is C14H23ClN2O4S2. The summed E-state index contributed by atoms with van der Waals surface area (Å²) < 4.78 is 51.2. The van der Waals surface area contributed by atoms with Crippen LogP contribution in [-0.2, 0) is 19.9 Å². The zero-order valence-corrected chi connectivity index (χ0v) is 15.8. The summed E-state index contributed by atoms with van der Waals surface area (Å²) >= 11 is 0. The van der Waals surface area contributed by atoms with Gasteiger partial charge in [-0.2, -0.15) is 0 Å². The molecule has 0 aromatic heterocycles. The molecule has 1 aliphatic rings. The highest BCUT2D eigenvalue weighted by Gasteiger charge is 2.28. The summed E-state index contributed by atoms with van der Waals surface area (Å²) in [4.78, 5) is 0.0398. The summed E-state index contributed by atoms with van der Waals surface area (Å²) in [6.07, 6.45) is 1.78. The van der Waals surface area contributed by atoms with Gasteiger partial charge in [-0.15, -0.1) is 12.4 Å². The topological polar surface area (TPSA) is 92.3 Å². The molecule has 2 N–H and O–H groups in total. The molecule has 2 atom stereocenters. The molecule has 1 aromatic rings. The molecule has 23 heavy (non-hydrogen) atoms. The number of hydrogen-bond donors (Lipinski definition) is 2. The first kappa shape index (κ1) is 20.4. The number of benzene rings is 1. The van der Waals surface area contributed by atoms with E-state index in [1.807, 2.05) is 6.92 Å². The van der Waals surface area contributed by atoms with Crippen molar-refractivity contribution < 1.29 is 16.8 Å². The van der Waals surface area contributed by atoms with Crippen LogP contribution in [-0.4, -0.2) is 42.2 Å². The molecule has 1 aliphatic heterocycles. The minimum absolute atomic E-state index is 0. The van der Waals surface area contributed by atoms with Gasteiger partial charge in [0, 0.05) is 12.3 Å². The van der Waals surface area contributed by atoms with Crippen LogP contribution in [0.3, 0.4) is 0 Å². The fraction of sp³-hybridized carbons (Fsp3) is 0.571. The second kappa shape index (κ2) is 7.48. The second-order valence-electron chi connectivity index (χ2n) is 5.90. The Morgan fingerprint density at radius 2 is 1.87 bits per heavy atom. The van der Waals surface area contributed by atoms with Crippen molar-refractivity contribution in [3.63, 3.8) is 0 Å². The lowest BCUT2D eigenvalue weighted by atomic mass is 9.97. The van der Waals surface area contributed by atoms with Crippen molar-refractivity contribution in [3.8, 4) is 0 Å². The van der Waals surface area contributed by atoms with Gasteiger partial charge in [0.05, 0.1) is 9.79 Å². The van der Waals surface area contributed by atoms with Gasteiger partial charge in [-0.25, -0.2) is 21.6 Å². The first-order valence-corrected chi connectivity index (χ1v) is 10.5. The van der Waals surface area contributed by atoms with Gasteiger partial charge in [-0.3, -0.25) is 0 Å². The SMILES string of the molecule is Cc1ccc(S(C)(=O)=O)cc1S(=O)(=O)NC1CCNCC1C.Cl. The van der Waals surface area contributed by atoms with Crippen LogP contribution < -0.4 is 10.0 Å². The van der Waals surface area contributed by atoms with E-state index in [0.717, 1.165) is 19.3 Å². The Hall–Kier alpha value is -0.670. The lowest BCUT2D eigenvalue weighted by Crippen LogP contribution is -2.48. The molecule has 2 unspecified atom stereocenters. The molecule has 2 rings (SSSR count). The summed E-state index contributed by atoms with van der Waals surface area (Å²) in [5.74, 6) is 0.182. The molecule has 0 radical (unpaired) electrons. The van der Waals surface area contributed by atoms with Gasteiger partial charge in [-0.1, -0.05) is 13.0 Å². The van der Waals surface area contributed by atoms with Crippen LogP contribution in [0.2, 0.25) is 0 Å². The Balaban J connectivity index is 0.00000264. The van der Waals surface area contributed by atoms with Crippen LogP contribution in [0.15, 0.2) is 28.0 Å². The Kier molecular flexibility index (Phi) is 6.63. The van der Waals surface area contributed by atoms with Gasteiger partial charge >= 0.3 is 0 Å². The molecule has 9 heteroatoms. The molecule has 0 aliphatic carbocycles. The van der Waals surface area contributed by atoms with Crippen molar-refractivity contribution in [1.29, 1.82) is 0 Å². The zero-order chi connectivity index (χ0) is 16.5. The first-order chi connectivity index (χ1) is 10.1. The predicted molar refractivity (Wildman–Crippen MR) is 92.3 cm³/mol. The highest BCUT2D eigenvalue weighted by atomic mass is 35.5. The van der Waals surface area contributed by atoms with Gasteiger partial charge in [0.1, 0.15) is 0 Å². The molecule has 0 bridgehead atoms. The lowest BCUT2D eigenvalue weighted by molar-refractivity contribution is 0.328. The van der Waals surface area contributed by atoms with Gasteiger partial charge in [0.15, 0.2) is 9.84 Å². The first-order valence-electron chi connectivity index (χ1n) is 7.15.